The number of halogens is 2. The number of hydrogen-bond donors (Lipinski definition) is 1. The van der Waals surface area contributed by atoms with Crippen LogP contribution in [0.3, 0.4) is 0 Å². The number of nitrogens with two attached hydrogens (primary N) is 1. The lowest BCUT2D eigenvalue weighted by atomic mass is 10.0. The third kappa shape index (κ3) is 4.77. The highest BCUT2D eigenvalue weighted by atomic mass is 19.3. The molecule has 0 bridgehead atoms. The van der Waals surface area contributed by atoms with Gasteiger partial charge in [-0.15, -0.1) is 0 Å². The summed E-state index contributed by atoms with van der Waals surface area (Å²) in [6.07, 6.45) is 0. The Kier molecular flexibility index (Phi) is 5.88. The van der Waals surface area contributed by atoms with Gasteiger partial charge in [0.1, 0.15) is 5.75 Å². The van der Waals surface area contributed by atoms with Crippen molar-refractivity contribution in [3.05, 3.63) is 29.8 Å². The van der Waals surface area contributed by atoms with Gasteiger partial charge in [-0.3, -0.25) is 4.79 Å². The van der Waals surface area contributed by atoms with Crippen LogP contribution >= 0.6 is 0 Å². The number of alkyl halides is 2. The zero-order chi connectivity index (χ0) is 15.3. The molecule has 1 amide bonds. The molecule has 4 nitrogen and oxygen atoms in total. The predicted molar refractivity (Wildman–Crippen MR) is 72.4 cm³/mol. The van der Waals surface area contributed by atoms with Gasteiger partial charge < -0.3 is 15.4 Å². The smallest absolute Gasteiger partial charge is 0.387 e. The fourth-order valence-corrected chi connectivity index (χ4v) is 1.67. The second-order valence-electron chi connectivity index (χ2n) is 4.99. The van der Waals surface area contributed by atoms with Crippen molar-refractivity contribution in [3.63, 3.8) is 0 Å². The van der Waals surface area contributed by atoms with E-state index in [9.17, 15) is 13.6 Å². The summed E-state index contributed by atoms with van der Waals surface area (Å²) in [7, 11) is 1.66. The van der Waals surface area contributed by atoms with E-state index in [1.54, 1.807) is 19.2 Å². The number of benzene rings is 1. The number of likely N-dealkylation sites (N-methyl/N-ethyl adjacent to an activating group) is 1. The monoisotopic (exact) mass is 286 g/mol. The molecule has 0 heterocycles. The van der Waals surface area contributed by atoms with E-state index in [0.29, 0.717) is 6.54 Å². The quantitative estimate of drug-likeness (QED) is 0.872. The molecule has 0 fully saturated rings. The average molecular weight is 286 g/mol. The van der Waals surface area contributed by atoms with Gasteiger partial charge in [-0.2, -0.15) is 8.78 Å². The van der Waals surface area contributed by atoms with Gasteiger partial charge in [-0.25, -0.2) is 0 Å². The predicted octanol–water partition coefficient (Wildman–Crippen LogP) is 2.23. The molecule has 1 rings (SSSR count). The number of ether oxygens (including phenoxy) is 1. The maximum absolute atomic E-state index is 12.0. The first-order chi connectivity index (χ1) is 9.31. The minimum Gasteiger partial charge on any atom is -0.435 e. The average Bonchev–Trinajstić information content (AvgIpc) is 2.38. The third-order valence-corrected chi connectivity index (χ3v) is 2.95. The molecule has 6 heteroatoms. The standard InChI is InChI=1S/C14H20F2N2O2/c1-9(2)12(17)13(19)18(3)8-10-4-6-11(7-5-10)20-14(15)16/h4-7,9,12,14H,8,17H2,1-3H3. The van der Waals surface area contributed by atoms with Gasteiger partial charge in [0.05, 0.1) is 6.04 Å². The lowest BCUT2D eigenvalue weighted by molar-refractivity contribution is -0.132. The summed E-state index contributed by atoms with van der Waals surface area (Å²) in [6.45, 7) is 1.29. The van der Waals surface area contributed by atoms with E-state index in [-0.39, 0.29) is 17.6 Å². The Morgan fingerprint density at radius 1 is 1.30 bits per heavy atom. The first-order valence-corrected chi connectivity index (χ1v) is 6.35. The van der Waals surface area contributed by atoms with Gasteiger partial charge in [-0.1, -0.05) is 26.0 Å². The van der Waals surface area contributed by atoms with Crippen LogP contribution in [-0.4, -0.2) is 30.5 Å². The highest BCUT2D eigenvalue weighted by Gasteiger charge is 2.20. The van der Waals surface area contributed by atoms with E-state index < -0.39 is 12.7 Å². The fraction of sp³-hybridized carbons (Fsp3) is 0.500. The molecule has 20 heavy (non-hydrogen) atoms. The highest BCUT2D eigenvalue weighted by Crippen LogP contribution is 2.16. The maximum Gasteiger partial charge on any atom is 0.387 e. The summed E-state index contributed by atoms with van der Waals surface area (Å²) in [5.41, 5.74) is 6.62. The van der Waals surface area contributed by atoms with Crippen molar-refractivity contribution in [2.45, 2.75) is 33.0 Å². The number of hydrogen-bond acceptors (Lipinski definition) is 3. The molecule has 1 aromatic rings. The molecule has 0 aromatic heterocycles. The molecule has 112 valence electrons. The van der Waals surface area contributed by atoms with Crippen LogP contribution in [-0.2, 0) is 11.3 Å². The maximum atomic E-state index is 12.0. The van der Waals surface area contributed by atoms with Crippen LogP contribution < -0.4 is 10.5 Å². The molecule has 1 atom stereocenters. The van der Waals surface area contributed by atoms with Crippen molar-refractivity contribution in [2.75, 3.05) is 7.05 Å². The minimum absolute atomic E-state index is 0.0618. The summed E-state index contributed by atoms with van der Waals surface area (Å²) in [6, 6.07) is 5.64. The van der Waals surface area contributed by atoms with Crippen molar-refractivity contribution >= 4 is 5.91 Å². The van der Waals surface area contributed by atoms with Gasteiger partial charge in [0.25, 0.3) is 0 Å². The SMILES string of the molecule is CC(C)C(N)C(=O)N(C)Cc1ccc(OC(F)F)cc1. The van der Waals surface area contributed by atoms with Crippen LogP contribution in [0.25, 0.3) is 0 Å². The molecule has 0 saturated heterocycles. The number of rotatable bonds is 6. The summed E-state index contributed by atoms with van der Waals surface area (Å²) in [5.74, 6) is 0.0105. The molecule has 0 spiro atoms. The van der Waals surface area contributed by atoms with Crippen LogP contribution in [0.2, 0.25) is 0 Å². The molecular formula is C14H20F2N2O2. The second kappa shape index (κ2) is 7.19. The molecule has 0 aliphatic rings. The normalized spacial score (nSPS) is 12.6. The summed E-state index contributed by atoms with van der Waals surface area (Å²) in [5, 5.41) is 0. The first-order valence-electron chi connectivity index (χ1n) is 6.35. The third-order valence-electron chi connectivity index (χ3n) is 2.95. The molecule has 0 aliphatic heterocycles. The first kappa shape index (κ1) is 16.4. The molecule has 2 N–H and O–H groups in total. The van der Waals surface area contributed by atoms with Crippen molar-refractivity contribution < 1.29 is 18.3 Å². The van der Waals surface area contributed by atoms with Gasteiger partial charge >= 0.3 is 6.61 Å². The van der Waals surface area contributed by atoms with Crippen molar-refractivity contribution in [2.24, 2.45) is 11.7 Å². The fourth-order valence-electron chi connectivity index (χ4n) is 1.67. The van der Waals surface area contributed by atoms with Crippen LogP contribution in [0, 0.1) is 5.92 Å². The Balaban J connectivity index is 2.62. The van der Waals surface area contributed by atoms with Crippen molar-refractivity contribution in [1.29, 1.82) is 0 Å². The topological polar surface area (TPSA) is 55.6 Å². The Labute approximate surface area is 117 Å². The largest absolute Gasteiger partial charge is 0.435 e. The van der Waals surface area contributed by atoms with E-state index in [1.807, 2.05) is 13.8 Å². The molecule has 0 saturated carbocycles. The van der Waals surface area contributed by atoms with E-state index in [2.05, 4.69) is 4.74 Å². The zero-order valence-corrected chi connectivity index (χ0v) is 11.8. The van der Waals surface area contributed by atoms with Crippen LogP contribution in [0.4, 0.5) is 8.78 Å². The Morgan fingerprint density at radius 3 is 2.30 bits per heavy atom. The Hall–Kier alpha value is -1.69. The Morgan fingerprint density at radius 2 is 1.85 bits per heavy atom. The molecule has 1 aromatic carbocycles. The van der Waals surface area contributed by atoms with Gasteiger partial charge in [0.15, 0.2) is 0 Å². The summed E-state index contributed by atoms with van der Waals surface area (Å²) < 4.78 is 28.3. The number of carbonyl (C=O) groups excluding carboxylic acids is 1. The molecule has 1 unspecified atom stereocenters. The van der Waals surface area contributed by atoms with Gasteiger partial charge in [0.2, 0.25) is 5.91 Å². The van der Waals surface area contributed by atoms with Gasteiger partial charge in [0, 0.05) is 13.6 Å². The second-order valence-corrected chi connectivity index (χ2v) is 4.99. The van der Waals surface area contributed by atoms with Crippen molar-refractivity contribution in [1.82, 2.24) is 4.90 Å². The van der Waals surface area contributed by atoms with E-state index >= 15 is 0 Å². The van der Waals surface area contributed by atoms with Gasteiger partial charge in [-0.05, 0) is 23.6 Å². The molecule has 0 aliphatic carbocycles. The zero-order valence-electron chi connectivity index (χ0n) is 11.8. The molecular weight excluding hydrogens is 266 g/mol. The van der Waals surface area contributed by atoms with E-state index in [4.69, 9.17) is 5.73 Å². The summed E-state index contributed by atoms with van der Waals surface area (Å²) >= 11 is 0. The van der Waals surface area contributed by atoms with Crippen LogP contribution in [0.15, 0.2) is 24.3 Å². The van der Waals surface area contributed by atoms with Crippen LogP contribution in [0.5, 0.6) is 5.75 Å². The van der Waals surface area contributed by atoms with Crippen molar-refractivity contribution in [3.8, 4) is 5.75 Å². The molecule has 0 radical (unpaired) electrons. The minimum atomic E-state index is -2.84. The van der Waals surface area contributed by atoms with Crippen LogP contribution in [0.1, 0.15) is 19.4 Å². The van der Waals surface area contributed by atoms with E-state index in [1.165, 1.54) is 17.0 Å². The lowest BCUT2D eigenvalue weighted by Crippen LogP contribution is -2.44. The number of nitrogens with zero attached hydrogens (tertiary/aromatic N) is 1. The number of amides is 1. The summed E-state index contributed by atoms with van der Waals surface area (Å²) in [4.78, 5) is 13.5. The Bertz CT molecular complexity index is 435. The van der Waals surface area contributed by atoms with E-state index in [0.717, 1.165) is 5.56 Å². The number of carbonyl (C=O) groups is 1. The lowest BCUT2D eigenvalue weighted by Gasteiger charge is -2.23. The highest BCUT2D eigenvalue weighted by molar-refractivity contribution is 5.81.